The van der Waals surface area contributed by atoms with Crippen LogP contribution in [0.25, 0.3) is 10.9 Å². The third-order valence-electron chi connectivity index (χ3n) is 3.73. The molecule has 0 amide bonds. The minimum Gasteiger partial charge on any atom is -0.308 e. The van der Waals surface area contributed by atoms with Gasteiger partial charge >= 0.3 is 0 Å². The summed E-state index contributed by atoms with van der Waals surface area (Å²) in [7, 11) is 0. The number of hydrogen-bond acceptors (Lipinski definition) is 3. The SMILES string of the molecule is CCc1ccsc1CNCc1ccc2nc(C)ccc2c1. The van der Waals surface area contributed by atoms with Crippen molar-refractivity contribution in [2.24, 2.45) is 0 Å². The van der Waals surface area contributed by atoms with E-state index in [-0.39, 0.29) is 0 Å². The van der Waals surface area contributed by atoms with Gasteiger partial charge < -0.3 is 5.32 Å². The number of aryl methyl sites for hydroxylation is 2. The molecule has 0 spiro atoms. The van der Waals surface area contributed by atoms with E-state index < -0.39 is 0 Å². The number of nitrogens with one attached hydrogen (secondary N) is 1. The van der Waals surface area contributed by atoms with Crippen LogP contribution in [0.3, 0.4) is 0 Å². The van der Waals surface area contributed by atoms with E-state index in [9.17, 15) is 0 Å². The third-order valence-corrected chi connectivity index (χ3v) is 4.69. The molecule has 108 valence electrons. The number of pyridine rings is 1. The Morgan fingerprint density at radius 1 is 1.10 bits per heavy atom. The van der Waals surface area contributed by atoms with Crippen molar-refractivity contribution in [3.63, 3.8) is 0 Å². The molecule has 0 saturated carbocycles. The number of hydrogen-bond donors (Lipinski definition) is 1. The summed E-state index contributed by atoms with van der Waals surface area (Å²) >= 11 is 1.84. The van der Waals surface area contributed by atoms with Crippen LogP contribution in [0.1, 0.15) is 28.6 Å². The Morgan fingerprint density at radius 3 is 2.86 bits per heavy atom. The summed E-state index contributed by atoms with van der Waals surface area (Å²) < 4.78 is 0. The first kappa shape index (κ1) is 14.2. The molecule has 0 fully saturated rings. The molecule has 2 heterocycles. The van der Waals surface area contributed by atoms with Crippen molar-refractivity contribution < 1.29 is 0 Å². The lowest BCUT2D eigenvalue weighted by Gasteiger charge is -2.07. The van der Waals surface area contributed by atoms with Crippen LogP contribution in [0, 0.1) is 6.92 Å². The van der Waals surface area contributed by atoms with Crippen LogP contribution in [0.5, 0.6) is 0 Å². The van der Waals surface area contributed by atoms with Crippen molar-refractivity contribution >= 4 is 22.2 Å². The van der Waals surface area contributed by atoms with Gasteiger partial charge in [0.25, 0.3) is 0 Å². The fraction of sp³-hybridized carbons (Fsp3) is 0.278. The van der Waals surface area contributed by atoms with Gasteiger partial charge in [-0.2, -0.15) is 0 Å². The van der Waals surface area contributed by atoms with Gasteiger partial charge in [0.2, 0.25) is 0 Å². The molecule has 3 rings (SSSR count). The molecule has 0 aliphatic heterocycles. The topological polar surface area (TPSA) is 24.9 Å². The summed E-state index contributed by atoms with van der Waals surface area (Å²) in [4.78, 5) is 6.00. The van der Waals surface area contributed by atoms with Gasteiger partial charge in [-0.05, 0) is 54.1 Å². The number of thiophene rings is 1. The fourth-order valence-corrected chi connectivity index (χ4v) is 3.49. The van der Waals surface area contributed by atoms with E-state index in [1.165, 1.54) is 21.4 Å². The molecule has 0 atom stereocenters. The minimum atomic E-state index is 0.894. The number of rotatable bonds is 5. The summed E-state index contributed by atoms with van der Waals surface area (Å²) in [6.45, 7) is 6.08. The van der Waals surface area contributed by atoms with Gasteiger partial charge in [0, 0.05) is 29.0 Å². The molecule has 0 bridgehead atoms. The highest BCUT2D eigenvalue weighted by Crippen LogP contribution is 2.18. The molecule has 0 aliphatic carbocycles. The molecule has 0 aliphatic rings. The summed E-state index contributed by atoms with van der Waals surface area (Å²) in [5, 5.41) is 6.94. The van der Waals surface area contributed by atoms with Gasteiger partial charge in [0.05, 0.1) is 5.52 Å². The first-order chi connectivity index (χ1) is 10.3. The number of fused-ring (bicyclic) bond motifs is 1. The Kier molecular flexibility index (Phi) is 4.32. The normalized spacial score (nSPS) is 11.1. The highest BCUT2D eigenvalue weighted by molar-refractivity contribution is 7.10. The van der Waals surface area contributed by atoms with Gasteiger partial charge in [-0.3, -0.25) is 4.98 Å². The van der Waals surface area contributed by atoms with Crippen LogP contribution in [0.15, 0.2) is 41.8 Å². The highest BCUT2D eigenvalue weighted by Gasteiger charge is 2.02. The van der Waals surface area contributed by atoms with Crippen LogP contribution in [0.4, 0.5) is 0 Å². The average molecular weight is 296 g/mol. The predicted molar refractivity (Wildman–Crippen MR) is 90.7 cm³/mol. The standard InChI is InChI=1S/C18H20N2S/c1-3-15-8-9-21-18(15)12-19-11-14-5-7-17-16(10-14)6-4-13(2)20-17/h4-10,19H,3,11-12H2,1-2H3. The molecule has 3 heteroatoms. The molecule has 0 saturated heterocycles. The van der Waals surface area contributed by atoms with Gasteiger partial charge in [0.15, 0.2) is 0 Å². The third kappa shape index (κ3) is 3.31. The monoisotopic (exact) mass is 296 g/mol. The molecule has 0 unspecified atom stereocenters. The van der Waals surface area contributed by atoms with Crippen LogP contribution >= 0.6 is 11.3 Å². The molecule has 2 nitrogen and oxygen atoms in total. The van der Waals surface area contributed by atoms with Gasteiger partial charge in [-0.15, -0.1) is 11.3 Å². The summed E-state index contributed by atoms with van der Waals surface area (Å²) in [5.74, 6) is 0. The Hall–Kier alpha value is -1.71. The van der Waals surface area contributed by atoms with Crippen molar-refractivity contribution in [3.05, 3.63) is 63.5 Å². The lowest BCUT2D eigenvalue weighted by molar-refractivity contribution is 0.697. The zero-order valence-corrected chi connectivity index (χ0v) is 13.3. The molecule has 21 heavy (non-hydrogen) atoms. The van der Waals surface area contributed by atoms with E-state index >= 15 is 0 Å². The Morgan fingerprint density at radius 2 is 2.00 bits per heavy atom. The quantitative estimate of drug-likeness (QED) is 0.752. The zero-order valence-electron chi connectivity index (χ0n) is 12.5. The van der Waals surface area contributed by atoms with Crippen molar-refractivity contribution in [1.82, 2.24) is 10.3 Å². The lowest BCUT2D eigenvalue weighted by Crippen LogP contribution is -2.12. The van der Waals surface area contributed by atoms with Crippen LogP contribution in [0.2, 0.25) is 0 Å². The summed E-state index contributed by atoms with van der Waals surface area (Å²) in [6, 6.07) is 12.9. The average Bonchev–Trinajstić information content (AvgIpc) is 2.95. The Labute approximate surface area is 129 Å². The molecular formula is C18H20N2S. The zero-order chi connectivity index (χ0) is 14.7. The Bertz CT molecular complexity index is 746. The molecule has 1 N–H and O–H groups in total. The van der Waals surface area contributed by atoms with Crippen molar-refractivity contribution in [2.45, 2.75) is 33.4 Å². The van der Waals surface area contributed by atoms with Crippen molar-refractivity contribution in [3.8, 4) is 0 Å². The van der Waals surface area contributed by atoms with E-state index in [2.05, 4.69) is 59.0 Å². The van der Waals surface area contributed by atoms with Crippen molar-refractivity contribution in [2.75, 3.05) is 0 Å². The number of aromatic nitrogens is 1. The van der Waals surface area contributed by atoms with Crippen LogP contribution in [-0.2, 0) is 19.5 Å². The van der Waals surface area contributed by atoms with E-state index in [0.29, 0.717) is 0 Å². The van der Waals surface area contributed by atoms with Crippen molar-refractivity contribution in [1.29, 1.82) is 0 Å². The largest absolute Gasteiger partial charge is 0.308 e. The maximum atomic E-state index is 4.54. The van der Waals surface area contributed by atoms with Crippen LogP contribution in [-0.4, -0.2) is 4.98 Å². The first-order valence-electron chi connectivity index (χ1n) is 7.38. The molecule has 1 aromatic carbocycles. The minimum absolute atomic E-state index is 0.894. The van der Waals surface area contributed by atoms with E-state index in [1.807, 2.05) is 18.3 Å². The molecule has 2 aromatic heterocycles. The predicted octanol–water partition coefficient (Wildman–Crippen LogP) is 4.46. The summed E-state index contributed by atoms with van der Waals surface area (Å²) in [6.07, 6.45) is 1.11. The van der Waals surface area contributed by atoms with Gasteiger partial charge in [-0.25, -0.2) is 0 Å². The molecule has 3 aromatic rings. The molecule has 0 radical (unpaired) electrons. The Balaban J connectivity index is 1.66. The van der Waals surface area contributed by atoms with Gasteiger partial charge in [0.1, 0.15) is 0 Å². The second-order valence-corrected chi connectivity index (χ2v) is 6.31. The van der Waals surface area contributed by atoms with E-state index in [4.69, 9.17) is 0 Å². The number of benzene rings is 1. The smallest absolute Gasteiger partial charge is 0.0705 e. The van der Waals surface area contributed by atoms with Crippen LogP contribution < -0.4 is 5.32 Å². The maximum Gasteiger partial charge on any atom is 0.0705 e. The second-order valence-electron chi connectivity index (χ2n) is 5.31. The fourth-order valence-electron chi connectivity index (χ4n) is 2.54. The maximum absolute atomic E-state index is 4.54. The second kappa shape index (κ2) is 6.37. The highest BCUT2D eigenvalue weighted by atomic mass is 32.1. The van der Waals surface area contributed by atoms with E-state index in [1.54, 1.807) is 0 Å². The number of nitrogens with zero attached hydrogens (tertiary/aromatic N) is 1. The molecular weight excluding hydrogens is 276 g/mol. The lowest BCUT2D eigenvalue weighted by atomic mass is 10.1. The first-order valence-corrected chi connectivity index (χ1v) is 8.26. The van der Waals surface area contributed by atoms with Gasteiger partial charge in [-0.1, -0.05) is 19.1 Å². The summed E-state index contributed by atoms with van der Waals surface area (Å²) in [5.41, 5.74) is 4.91. The van der Waals surface area contributed by atoms with E-state index in [0.717, 1.165) is 30.7 Å².